The van der Waals surface area contributed by atoms with E-state index in [1.807, 2.05) is 59.4 Å². The second-order valence-electron chi connectivity index (χ2n) is 7.11. The Balaban J connectivity index is 1.42. The second kappa shape index (κ2) is 7.68. The molecule has 0 radical (unpaired) electrons. The lowest BCUT2D eigenvalue weighted by atomic mass is 10.1. The van der Waals surface area contributed by atoms with Gasteiger partial charge in [0.1, 0.15) is 0 Å². The molecule has 5 rings (SSSR count). The topological polar surface area (TPSA) is 38.1 Å². The van der Waals surface area contributed by atoms with Gasteiger partial charge in [-0.1, -0.05) is 54.2 Å². The molecule has 0 N–H and O–H groups in total. The molecule has 2 heterocycles. The van der Waals surface area contributed by atoms with E-state index in [0.29, 0.717) is 11.8 Å². The lowest BCUT2D eigenvalue weighted by Gasteiger charge is -2.37. The maximum Gasteiger partial charge on any atom is 0.238 e. The monoisotopic (exact) mass is 407 g/mol. The van der Waals surface area contributed by atoms with Crippen molar-refractivity contribution in [3.05, 3.63) is 72.6 Å². The van der Waals surface area contributed by atoms with Gasteiger partial charge in [0.15, 0.2) is 5.16 Å². The van der Waals surface area contributed by atoms with E-state index in [4.69, 9.17) is 0 Å². The van der Waals surface area contributed by atoms with Crippen molar-refractivity contribution in [2.45, 2.75) is 35.0 Å². The van der Waals surface area contributed by atoms with Gasteiger partial charge in [-0.15, -0.1) is 11.8 Å². The fourth-order valence-corrected chi connectivity index (χ4v) is 5.71. The van der Waals surface area contributed by atoms with Crippen molar-refractivity contribution < 1.29 is 4.79 Å². The Morgan fingerprint density at radius 3 is 2.71 bits per heavy atom. The normalized spacial score (nSPS) is 18.7. The van der Waals surface area contributed by atoms with Crippen molar-refractivity contribution in [1.82, 2.24) is 9.55 Å². The molecule has 142 valence electrons. The van der Waals surface area contributed by atoms with Gasteiger partial charge < -0.3 is 9.47 Å². The highest BCUT2D eigenvalue weighted by Gasteiger charge is 2.33. The van der Waals surface area contributed by atoms with Crippen LogP contribution in [0, 0.1) is 0 Å². The Labute approximate surface area is 173 Å². The fraction of sp³-hybridized carbons (Fsp3) is 0.273. The number of para-hydroxylation sites is 1. The molecular weight excluding hydrogens is 386 g/mol. The van der Waals surface area contributed by atoms with Gasteiger partial charge in [0.05, 0.1) is 17.5 Å². The summed E-state index contributed by atoms with van der Waals surface area (Å²) >= 11 is 3.38. The van der Waals surface area contributed by atoms with E-state index in [9.17, 15) is 4.79 Å². The van der Waals surface area contributed by atoms with E-state index in [-0.39, 0.29) is 11.9 Å². The van der Waals surface area contributed by atoms with Gasteiger partial charge in [-0.25, -0.2) is 4.98 Å². The number of carbonyl (C=O) groups is 1. The molecule has 4 nitrogen and oxygen atoms in total. The number of rotatable bonds is 5. The summed E-state index contributed by atoms with van der Waals surface area (Å²) in [4.78, 5) is 21.0. The summed E-state index contributed by atoms with van der Waals surface area (Å²) in [5.74, 6) is 1.40. The Morgan fingerprint density at radius 1 is 1.11 bits per heavy atom. The maximum absolute atomic E-state index is 13.4. The summed E-state index contributed by atoms with van der Waals surface area (Å²) in [5.41, 5.74) is 2.20. The number of nitrogens with zero attached hydrogens (tertiary/aromatic N) is 3. The molecule has 6 heteroatoms. The molecule has 3 aromatic rings. The largest absolute Gasteiger partial charge is 0.323 e. The van der Waals surface area contributed by atoms with Crippen LogP contribution in [0.4, 0.5) is 5.69 Å². The number of carbonyl (C=O) groups excluding carboxylic acids is 1. The number of imidazole rings is 1. The van der Waals surface area contributed by atoms with Crippen molar-refractivity contribution in [1.29, 1.82) is 0 Å². The standard InChI is InChI=1S/C22H21N3OS2/c26-21(15-28-22-23-12-13-24(22)17-10-11-17)25-18-8-4-5-9-20(18)27-14-19(25)16-6-2-1-3-7-16/h1-9,12-13,17,19H,10-11,14-15H2. The van der Waals surface area contributed by atoms with Crippen molar-refractivity contribution in [3.8, 4) is 0 Å². The number of hydrogen-bond acceptors (Lipinski definition) is 4. The molecule has 1 aromatic heterocycles. The van der Waals surface area contributed by atoms with Crippen molar-refractivity contribution in [2.75, 3.05) is 16.4 Å². The van der Waals surface area contributed by atoms with Gasteiger partial charge in [-0.2, -0.15) is 0 Å². The summed E-state index contributed by atoms with van der Waals surface area (Å²) < 4.78 is 2.21. The van der Waals surface area contributed by atoms with Crippen LogP contribution in [0.5, 0.6) is 0 Å². The molecule has 1 atom stereocenters. The molecule has 1 amide bonds. The van der Waals surface area contributed by atoms with E-state index < -0.39 is 0 Å². The van der Waals surface area contributed by atoms with Crippen LogP contribution in [-0.4, -0.2) is 27.0 Å². The van der Waals surface area contributed by atoms with Crippen LogP contribution in [0.3, 0.4) is 0 Å². The average Bonchev–Trinajstić information content (AvgIpc) is 3.49. The predicted molar refractivity (Wildman–Crippen MR) is 115 cm³/mol. The lowest BCUT2D eigenvalue weighted by molar-refractivity contribution is -0.116. The Bertz CT molecular complexity index is 984. The molecule has 1 aliphatic carbocycles. The van der Waals surface area contributed by atoms with Crippen LogP contribution in [0.2, 0.25) is 0 Å². The number of thioether (sulfide) groups is 2. The summed E-state index contributed by atoms with van der Waals surface area (Å²) in [6.45, 7) is 0. The van der Waals surface area contributed by atoms with Crippen molar-refractivity contribution >= 4 is 35.1 Å². The van der Waals surface area contributed by atoms with Crippen LogP contribution >= 0.6 is 23.5 Å². The van der Waals surface area contributed by atoms with E-state index in [2.05, 4.69) is 33.8 Å². The molecular formula is C22H21N3OS2. The number of fused-ring (bicyclic) bond motifs is 1. The van der Waals surface area contributed by atoms with Gasteiger partial charge in [-0.3, -0.25) is 4.79 Å². The molecule has 1 aliphatic heterocycles. The smallest absolute Gasteiger partial charge is 0.238 e. The molecule has 2 aromatic carbocycles. The molecule has 0 saturated heterocycles. The number of amides is 1. The highest BCUT2D eigenvalue weighted by atomic mass is 32.2. The average molecular weight is 408 g/mol. The summed E-state index contributed by atoms with van der Waals surface area (Å²) in [6.07, 6.45) is 6.30. The third-order valence-corrected chi connectivity index (χ3v) is 7.29. The lowest BCUT2D eigenvalue weighted by Crippen LogP contribution is -2.39. The minimum absolute atomic E-state index is 0.0531. The first-order chi connectivity index (χ1) is 13.8. The highest BCUT2D eigenvalue weighted by molar-refractivity contribution is 8.00. The third-order valence-electron chi connectivity index (χ3n) is 5.18. The van der Waals surface area contributed by atoms with Crippen LogP contribution in [0.15, 0.2) is 77.0 Å². The first kappa shape index (κ1) is 17.9. The molecule has 0 bridgehead atoms. The first-order valence-electron chi connectivity index (χ1n) is 9.56. The van der Waals surface area contributed by atoms with Gasteiger partial charge in [-0.05, 0) is 30.5 Å². The minimum atomic E-state index is 0.0531. The van der Waals surface area contributed by atoms with E-state index in [1.54, 1.807) is 11.8 Å². The van der Waals surface area contributed by atoms with Crippen molar-refractivity contribution in [3.63, 3.8) is 0 Å². The van der Waals surface area contributed by atoms with E-state index >= 15 is 0 Å². The fourth-order valence-electron chi connectivity index (χ4n) is 3.66. The zero-order valence-corrected chi connectivity index (χ0v) is 17.0. The Kier molecular flexibility index (Phi) is 4.91. The SMILES string of the molecule is O=C(CSc1nccn1C1CC1)N1c2ccccc2SCC1c1ccccc1. The van der Waals surface area contributed by atoms with Gasteiger partial charge in [0, 0.05) is 29.1 Å². The van der Waals surface area contributed by atoms with Crippen molar-refractivity contribution in [2.24, 2.45) is 0 Å². The number of benzene rings is 2. The second-order valence-corrected chi connectivity index (χ2v) is 9.11. The van der Waals surface area contributed by atoms with Crippen LogP contribution < -0.4 is 4.90 Å². The van der Waals surface area contributed by atoms with Crippen LogP contribution in [0.25, 0.3) is 0 Å². The summed E-state index contributed by atoms with van der Waals surface area (Å²) in [7, 11) is 0. The Hall–Kier alpha value is -2.18. The predicted octanol–water partition coefficient (Wildman–Crippen LogP) is 5.19. The molecule has 28 heavy (non-hydrogen) atoms. The number of hydrogen-bond donors (Lipinski definition) is 0. The molecule has 2 aliphatic rings. The van der Waals surface area contributed by atoms with E-state index in [0.717, 1.165) is 16.6 Å². The van der Waals surface area contributed by atoms with Gasteiger partial charge in [0.25, 0.3) is 0 Å². The zero-order chi connectivity index (χ0) is 18.9. The highest BCUT2D eigenvalue weighted by Crippen LogP contribution is 2.43. The van der Waals surface area contributed by atoms with Crippen LogP contribution in [0.1, 0.15) is 30.5 Å². The summed E-state index contributed by atoms with van der Waals surface area (Å²) in [6, 6.07) is 19.2. The molecule has 1 fully saturated rings. The maximum atomic E-state index is 13.4. The zero-order valence-electron chi connectivity index (χ0n) is 15.4. The molecule has 0 spiro atoms. The third kappa shape index (κ3) is 3.47. The number of aromatic nitrogens is 2. The Morgan fingerprint density at radius 2 is 1.89 bits per heavy atom. The van der Waals surface area contributed by atoms with Crippen LogP contribution in [-0.2, 0) is 4.79 Å². The number of anilines is 1. The van der Waals surface area contributed by atoms with Gasteiger partial charge in [0.2, 0.25) is 5.91 Å². The minimum Gasteiger partial charge on any atom is -0.323 e. The summed E-state index contributed by atoms with van der Waals surface area (Å²) in [5, 5.41) is 0.951. The quantitative estimate of drug-likeness (QED) is 0.546. The molecule has 1 unspecified atom stereocenters. The molecule has 1 saturated carbocycles. The van der Waals surface area contributed by atoms with E-state index in [1.165, 1.54) is 23.3 Å². The first-order valence-corrected chi connectivity index (χ1v) is 11.5. The van der Waals surface area contributed by atoms with Gasteiger partial charge >= 0.3 is 0 Å².